The zero-order valence-electron chi connectivity index (χ0n) is 10.7. The van der Waals surface area contributed by atoms with Crippen LogP contribution in [0.3, 0.4) is 0 Å². The van der Waals surface area contributed by atoms with Gasteiger partial charge in [0.25, 0.3) is 0 Å². The molecule has 1 rings (SSSR count). The fraction of sp³-hybridized carbons (Fsp3) is 0.571. The number of benzene rings is 1. The molecule has 0 unspecified atom stereocenters. The van der Waals surface area contributed by atoms with Crippen molar-refractivity contribution >= 4 is 0 Å². The Morgan fingerprint density at radius 1 is 1.00 bits per heavy atom. The molecule has 0 aliphatic heterocycles. The highest BCUT2D eigenvalue weighted by molar-refractivity contribution is 5.22. The van der Waals surface area contributed by atoms with Gasteiger partial charge in [-0.05, 0) is 37.9 Å². The minimum absolute atomic E-state index is 0.274. The Kier molecular flexibility index (Phi) is 8.17. The van der Waals surface area contributed by atoms with Gasteiger partial charge in [0.2, 0.25) is 0 Å². The lowest BCUT2D eigenvalue weighted by atomic mass is 10.2. The second-order valence-electron chi connectivity index (χ2n) is 4.12. The topological polar surface area (TPSA) is 44.5 Å². The van der Waals surface area contributed by atoms with Gasteiger partial charge in [0, 0.05) is 25.7 Å². The summed E-state index contributed by atoms with van der Waals surface area (Å²) in [5.74, 6) is 0.293. The molecule has 0 aromatic heterocycles. The third-order valence-corrected chi connectivity index (χ3v) is 2.49. The lowest BCUT2D eigenvalue weighted by molar-refractivity contribution is 0.116. The molecule has 0 aliphatic rings. The first-order valence-electron chi connectivity index (χ1n) is 6.49. The fourth-order valence-electron chi connectivity index (χ4n) is 1.54. The summed E-state index contributed by atoms with van der Waals surface area (Å²) in [5.41, 5.74) is 5.39. The first-order chi connectivity index (χ1) is 8.83. The molecule has 18 heavy (non-hydrogen) atoms. The van der Waals surface area contributed by atoms with E-state index in [4.69, 9.17) is 15.2 Å². The van der Waals surface area contributed by atoms with Gasteiger partial charge in [-0.1, -0.05) is 6.07 Å². The van der Waals surface area contributed by atoms with Gasteiger partial charge in [-0.15, -0.1) is 0 Å². The molecule has 0 aliphatic carbocycles. The molecule has 102 valence electrons. The van der Waals surface area contributed by atoms with E-state index in [1.165, 1.54) is 12.1 Å². The molecule has 0 saturated heterocycles. The number of ether oxygens (including phenoxy) is 2. The van der Waals surface area contributed by atoms with E-state index in [1.54, 1.807) is 12.1 Å². The SMILES string of the molecule is NCCCCCOCCCOc1cccc(F)c1. The van der Waals surface area contributed by atoms with Crippen LogP contribution in [0.4, 0.5) is 4.39 Å². The van der Waals surface area contributed by atoms with E-state index in [-0.39, 0.29) is 5.82 Å². The van der Waals surface area contributed by atoms with Gasteiger partial charge in [-0.3, -0.25) is 0 Å². The van der Waals surface area contributed by atoms with Gasteiger partial charge >= 0.3 is 0 Å². The van der Waals surface area contributed by atoms with Crippen LogP contribution in [0.5, 0.6) is 5.75 Å². The van der Waals surface area contributed by atoms with Gasteiger partial charge in [0.1, 0.15) is 11.6 Å². The maximum atomic E-state index is 12.8. The first kappa shape index (κ1) is 14.9. The number of nitrogens with two attached hydrogens (primary N) is 1. The molecule has 0 fully saturated rings. The summed E-state index contributed by atoms with van der Waals surface area (Å²) in [6.45, 7) is 2.76. The number of rotatable bonds is 10. The van der Waals surface area contributed by atoms with Crippen molar-refractivity contribution in [1.29, 1.82) is 0 Å². The quantitative estimate of drug-likeness (QED) is 0.654. The second kappa shape index (κ2) is 9.85. The zero-order chi connectivity index (χ0) is 13.1. The molecule has 0 spiro atoms. The van der Waals surface area contributed by atoms with Crippen LogP contribution < -0.4 is 10.5 Å². The summed E-state index contributed by atoms with van der Waals surface area (Å²) < 4.78 is 23.7. The van der Waals surface area contributed by atoms with Gasteiger partial charge in [0.05, 0.1) is 6.61 Å². The van der Waals surface area contributed by atoms with E-state index < -0.39 is 0 Å². The maximum absolute atomic E-state index is 12.8. The third-order valence-electron chi connectivity index (χ3n) is 2.49. The van der Waals surface area contributed by atoms with E-state index in [1.807, 2.05) is 0 Å². The van der Waals surface area contributed by atoms with Crippen molar-refractivity contribution < 1.29 is 13.9 Å². The van der Waals surface area contributed by atoms with Crippen LogP contribution in [-0.2, 0) is 4.74 Å². The zero-order valence-corrected chi connectivity index (χ0v) is 10.7. The average Bonchev–Trinajstić information content (AvgIpc) is 2.37. The molecule has 1 aromatic carbocycles. The molecular formula is C14H22FNO2. The molecule has 0 atom stereocenters. The Morgan fingerprint density at radius 2 is 1.83 bits per heavy atom. The van der Waals surface area contributed by atoms with E-state index in [9.17, 15) is 4.39 Å². The minimum Gasteiger partial charge on any atom is -0.493 e. The predicted molar refractivity (Wildman–Crippen MR) is 70.2 cm³/mol. The largest absolute Gasteiger partial charge is 0.493 e. The molecule has 4 heteroatoms. The summed E-state index contributed by atoms with van der Waals surface area (Å²) in [5, 5.41) is 0. The van der Waals surface area contributed by atoms with Crippen LogP contribution in [0.15, 0.2) is 24.3 Å². The van der Waals surface area contributed by atoms with Crippen molar-refractivity contribution in [3.63, 3.8) is 0 Å². The smallest absolute Gasteiger partial charge is 0.126 e. The lowest BCUT2D eigenvalue weighted by Crippen LogP contribution is -2.05. The summed E-state index contributed by atoms with van der Waals surface area (Å²) >= 11 is 0. The van der Waals surface area contributed by atoms with Gasteiger partial charge in [-0.2, -0.15) is 0 Å². The number of hydrogen-bond donors (Lipinski definition) is 1. The standard InChI is InChI=1S/C14H22FNO2/c15-13-6-4-7-14(12-13)18-11-5-10-17-9-3-1-2-8-16/h4,6-7,12H,1-3,5,8-11,16H2. The third kappa shape index (κ3) is 7.25. The Balaban J connectivity index is 1.92. The summed E-state index contributed by atoms with van der Waals surface area (Å²) in [4.78, 5) is 0. The fourth-order valence-corrected chi connectivity index (χ4v) is 1.54. The lowest BCUT2D eigenvalue weighted by Gasteiger charge is -2.07. The summed E-state index contributed by atoms with van der Waals surface area (Å²) in [6, 6.07) is 6.17. The predicted octanol–water partition coefficient (Wildman–Crippen LogP) is 2.74. The van der Waals surface area contributed by atoms with Crippen molar-refractivity contribution in [2.75, 3.05) is 26.4 Å². The van der Waals surface area contributed by atoms with E-state index >= 15 is 0 Å². The number of hydrogen-bond acceptors (Lipinski definition) is 3. The monoisotopic (exact) mass is 255 g/mol. The Bertz CT molecular complexity index is 320. The molecule has 0 heterocycles. The Hall–Kier alpha value is -1.13. The van der Waals surface area contributed by atoms with Crippen LogP contribution in [-0.4, -0.2) is 26.4 Å². The Labute approximate surface area is 108 Å². The van der Waals surface area contributed by atoms with Crippen LogP contribution in [0.1, 0.15) is 25.7 Å². The van der Waals surface area contributed by atoms with Crippen molar-refractivity contribution in [3.05, 3.63) is 30.1 Å². The first-order valence-corrected chi connectivity index (χ1v) is 6.49. The molecule has 3 nitrogen and oxygen atoms in total. The normalized spacial score (nSPS) is 10.6. The molecule has 0 bridgehead atoms. The van der Waals surface area contributed by atoms with Crippen molar-refractivity contribution in [3.8, 4) is 5.75 Å². The minimum atomic E-state index is -0.274. The molecular weight excluding hydrogens is 233 g/mol. The highest BCUT2D eigenvalue weighted by atomic mass is 19.1. The van der Waals surface area contributed by atoms with Crippen LogP contribution in [0.2, 0.25) is 0 Å². The van der Waals surface area contributed by atoms with Gasteiger partial charge in [0.15, 0.2) is 0 Å². The second-order valence-corrected chi connectivity index (χ2v) is 4.12. The molecule has 0 radical (unpaired) electrons. The van der Waals surface area contributed by atoms with Gasteiger partial charge < -0.3 is 15.2 Å². The van der Waals surface area contributed by atoms with Crippen LogP contribution in [0, 0.1) is 5.82 Å². The van der Waals surface area contributed by atoms with E-state index in [0.29, 0.717) is 19.0 Å². The molecule has 1 aromatic rings. The van der Waals surface area contributed by atoms with Crippen molar-refractivity contribution in [2.24, 2.45) is 5.73 Å². The molecule has 0 amide bonds. The highest BCUT2D eigenvalue weighted by Gasteiger charge is 1.96. The maximum Gasteiger partial charge on any atom is 0.126 e. The Morgan fingerprint density at radius 3 is 2.61 bits per heavy atom. The van der Waals surface area contributed by atoms with E-state index in [0.717, 1.165) is 38.8 Å². The average molecular weight is 255 g/mol. The summed E-state index contributed by atoms with van der Waals surface area (Å²) in [6.07, 6.45) is 4.05. The summed E-state index contributed by atoms with van der Waals surface area (Å²) in [7, 11) is 0. The van der Waals surface area contributed by atoms with Crippen molar-refractivity contribution in [2.45, 2.75) is 25.7 Å². The van der Waals surface area contributed by atoms with Gasteiger partial charge in [-0.25, -0.2) is 4.39 Å². The number of unbranched alkanes of at least 4 members (excludes halogenated alkanes) is 2. The molecule has 2 N–H and O–H groups in total. The van der Waals surface area contributed by atoms with Crippen LogP contribution in [0.25, 0.3) is 0 Å². The number of halogens is 1. The van der Waals surface area contributed by atoms with E-state index in [2.05, 4.69) is 0 Å². The highest BCUT2D eigenvalue weighted by Crippen LogP contribution is 2.11. The van der Waals surface area contributed by atoms with Crippen molar-refractivity contribution in [1.82, 2.24) is 0 Å². The van der Waals surface area contributed by atoms with Crippen LogP contribution >= 0.6 is 0 Å². The molecule has 0 saturated carbocycles.